The molecule has 2 aromatic heterocycles. The van der Waals surface area contributed by atoms with Gasteiger partial charge in [0.1, 0.15) is 0 Å². The minimum absolute atomic E-state index is 0.0520. The molecule has 0 N–H and O–H groups in total. The SMILES string of the molecule is CC(C)(C)c1ccc2c(c1)C(C)(C)c1c-2ccc2c1C1(c3ccccc3-c3ccccc31)c1cc(-c3cc4cccnc4c4ncccc34)c3ccccc3c1-2. The second-order valence-corrected chi connectivity index (χ2v) is 17.7. The fraction of sp³-hybridized carbons (Fsp3) is 0.148. The van der Waals surface area contributed by atoms with Gasteiger partial charge in [-0.15, -0.1) is 0 Å². The zero-order valence-electron chi connectivity index (χ0n) is 32.3. The lowest BCUT2D eigenvalue weighted by molar-refractivity contribution is 0.583. The summed E-state index contributed by atoms with van der Waals surface area (Å²) in [7, 11) is 0. The van der Waals surface area contributed by atoms with Gasteiger partial charge in [-0.25, -0.2) is 0 Å². The van der Waals surface area contributed by atoms with E-state index in [1.807, 2.05) is 18.5 Å². The average molecular weight is 717 g/mol. The normalized spacial score (nSPS) is 15.2. The quantitative estimate of drug-likeness (QED) is 0.158. The zero-order chi connectivity index (χ0) is 37.7. The molecule has 2 heteroatoms. The molecule has 3 aliphatic rings. The van der Waals surface area contributed by atoms with Crippen LogP contribution >= 0.6 is 0 Å². The Hall–Kier alpha value is -6.38. The molecule has 0 saturated carbocycles. The van der Waals surface area contributed by atoms with Crippen molar-refractivity contribution in [3.63, 3.8) is 0 Å². The van der Waals surface area contributed by atoms with Crippen molar-refractivity contribution in [2.45, 2.75) is 50.9 Å². The molecule has 0 bridgehead atoms. The first-order valence-corrected chi connectivity index (χ1v) is 19.9. The summed E-state index contributed by atoms with van der Waals surface area (Å²) in [4.78, 5) is 9.76. The van der Waals surface area contributed by atoms with Crippen LogP contribution in [0, 0.1) is 0 Å². The molecule has 0 amide bonds. The second kappa shape index (κ2) is 10.7. The van der Waals surface area contributed by atoms with E-state index in [0.717, 1.165) is 21.8 Å². The summed E-state index contributed by atoms with van der Waals surface area (Å²) < 4.78 is 0. The molecule has 0 radical (unpaired) electrons. The maximum atomic E-state index is 4.94. The predicted molar refractivity (Wildman–Crippen MR) is 233 cm³/mol. The van der Waals surface area contributed by atoms with E-state index in [1.54, 1.807) is 0 Å². The number of fused-ring (bicyclic) bond motifs is 19. The van der Waals surface area contributed by atoms with Gasteiger partial charge in [0.25, 0.3) is 0 Å². The van der Waals surface area contributed by atoms with E-state index in [4.69, 9.17) is 9.97 Å². The number of nitrogens with zero attached hydrogens (tertiary/aromatic N) is 2. The third-order valence-corrected chi connectivity index (χ3v) is 13.5. The molecule has 266 valence electrons. The van der Waals surface area contributed by atoms with Crippen LogP contribution < -0.4 is 0 Å². The molecule has 9 aromatic rings. The molecule has 0 unspecified atom stereocenters. The summed E-state index contributed by atoms with van der Waals surface area (Å²) in [6.07, 6.45) is 3.77. The van der Waals surface area contributed by atoms with Gasteiger partial charge in [0, 0.05) is 28.6 Å². The van der Waals surface area contributed by atoms with Gasteiger partial charge in [0.2, 0.25) is 0 Å². The fourth-order valence-electron chi connectivity index (χ4n) is 11.1. The van der Waals surface area contributed by atoms with Gasteiger partial charge in [-0.1, -0.05) is 150 Å². The highest BCUT2D eigenvalue weighted by molar-refractivity contribution is 6.17. The van der Waals surface area contributed by atoms with Crippen LogP contribution in [0.25, 0.3) is 77.1 Å². The minimum Gasteiger partial charge on any atom is -0.254 e. The summed E-state index contributed by atoms with van der Waals surface area (Å²) in [5, 5.41) is 4.75. The van der Waals surface area contributed by atoms with Crippen molar-refractivity contribution >= 4 is 32.6 Å². The van der Waals surface area contributed by atoms with Crippen LogP contribution in [0.5, 0.6) is 0 Å². The maximum absolute atomic E-state index is 4.94. The average Bonchev–Trinajstić information content (AvgIpc) is 3.78. The summed E-state index contributed by atoms with van der Waals surface area (Å²) in [5.74, 6) is 0. The highest BCUT2D eigenvalue weighted by Gasteiger charge is 2.56. The summed E-state index contributed by atoms with van der Waals surface area (Å²) in [6, 6.07) is 53.1. The Labute approximate surface area is 327 Å². The Kier molecular flexibility index (Phi) is 6.09. The van der Waals surface area contributed by atoms with E-state index < -0.39 is 5.41 Å². The van der Waals surface area contributed by atoms with E-state index in [1.165, 1.54) is 94.2 Å². The first kappa shape index (κ1) is 31.9. The summed E-state index contributed by atoms with van der Waals surface area (Å²) in [5.41, 5.74) is 21.4. The second-order valence-electron chi connectivity index (χ2n) is 17.7. The van der Waals surface area contributed by atoms with Crippen molar-refractivity contribution in [1.29, 1.82) is 0 Å². The monoisotopic (exact) mass is 716 g/mol. The standard InChI is InChI=1S/C54H40N2/c1-52(2,3)32-22-23-36-38-24-25-40-47-37-18-7-6-15-33(37)42(41-28-31-14-12-26-55-50(31)51-39(41)19-13-27-56-51)30-46(47)54(49(40)48(38)53(4,5)45(36)29-32)43-20-10-8-16-34(43)35-17-9-11-21-44(35)54/h6-30H,1-5H3. The first-order valence-electron chi connectivity index (χ1n) is 19.9. The van der Waals surface area contributed by atoms with Crippen molar-refractivity contribution in [3.05, 3.63) is 191 Å². The van der Waals surface area contributed by atoms with Crippen LogP contribution in [-0.4, -0.2) is 9.97 Å². The molecule has 0 fully saturated rings. The van der Waals surface area contributed by atoms with Crippen molar-refractivity contribution in [3.8, 4) is 44.5 Å². The van der Waals surface area contributed by atoms with Gasteiger partial charge >= 0.3 is 0 Å². The lowest BCUT2D eigenvalue weighted by Crippen LogP contribution is -2.30. The number of hydrogen-bond acceptors (Lipinski definition) is 2. The molecule has 1 spiro atoms. The smallest absolute Gasteiger partial charge is 0.0970 e. The van der Waals surface area contributed by atoms with Crippen LogP contribution in [0.2, 0.25) is 0 Å². The molecular formula is C54H40N2. The number of pyridine rings is 2. The molecule has 56 heavy (non-hydrogen) atoms. The van der Waals surface area contributed by atoms with Crippen LogP contribution in [0.3, 0.4) is 0 Å². The topological polar surface area (TPSA) is 25.8 Å². The minimum atomic E-state index is -0.527. The molecule has 7 aromatic carbocycles. The van der Waals surface area contributed by atoms with E-state index in [9.17, 15) is 0 Å². The number of hydrogen-bond donors (Lipinski definition) is 0. The summed E-state index contributed by atoms with van der Waals surface area (Å²) in [6.45, 7) is 11.9. The molecule has 0 atom stereocenters. The highest BCUT2D eigenvalue weighted by Crippen LogP contribution is 2.68. The highest BCUT2D eigenvalue weighted by atomic mass is 14.7. The zero-order valence-corrected chi connectivity index (χ0v) is 32.3. The Morgan fingerprint density at radius 2 is 1.02 bits per heavy atom. The van der Waals surface area contributed by atoms with E-state index in [2.05, 4.69) is 168 Å². The molecule has 12 rings (SSSR count). The van der Waals surface area contributed by atoms with Crippen LogP contribution in [-0.2, 0) is 16.2 Å². The van der Waals surface area contributed by atoms with Crippen LogP contribution in [0.1, 0.15) is 73.6 Å². The number of aromatic nitrogens is 2. The van der Waals surface area contributed by atoms with Crippen molar-refractivity contribution in [2.75, 3.05) is 0 Å². The third-order valence-electron chi connectivity index (χ3n) is 13.5. The van der Waals surface area contributed by atoms with Crippen LogP contribution in [0.4, 0.5) is 0 Å². The Bertz CT molecular complexity index is 3170. The van der Waals surface area contributed by atoms with Gasteiger partial charge < -0.3 is 0 Å². The van der Waals surface area contributed by atoms with E-state index in [0.29, 0.717) is 0 Å². The molecule has 2 nitrogen and oxygen atoms in total. The Morgan fingerprint density at radius 1 is 0.429 bits per heavy atom. The van der Waals surface area contributed by atoms with Gasteiger partial charge in [-0.2, -0.15) is 0 Å². The van der Waals surface area contributed by atoms with Gasteiger partial charge in [-0.05, 0) is 124 Å². The van der Waals surface area contributed by atoms with Gasteiger partial charge in [0.05, 0.1) is 16.4 Å². The predicted octanol–water partition coefficient (Wildman–Crippen LogP) is 13.6. The third kappa shape index (κ3) is 3.82. The Morgan fingerprint density at radius 3 is 1.77 bits per heavy atom. The molecule has 0 aliphatic heterocycles. The summed E-state index contributed by atoms with van der Waals surface area (Å²) >= 11 is 0. The van der Waals surface area contributed by atoms with Gasteiger partial charge in [-0.3, -0.25) is 9.97 Å². The lowest BCUT2D eigenvalue weighted by Gasteiger charge is -2.35. The van der Waals surface area contributed by atoms with E-state index in [-0.39, 0.29) is 10.8 Å². The molecular weight excluding hydrogens is 677 g/mol. The van der Waals surface area contributed by atoms with Crippen molar-refractivity contribution in [1.82, 2.24) is 9.97 Å². The lowest BCUT2D eigenvalue weighted by atomic mass is 9.65. The van der Waals surface area contributed by atoms with Crippen LogP contribution in [0.15, 0.2) is 152 Å². The Balaban J connectivity index is 1.27. The first-order chi connectivity index (χ1) is 27.2. The van der Waals surface area contributed by atoms with Gasteiger partial charge in [0.15, 0.2) is 0 Å². The van der Waals surface area contributed by atoms with Crippen molar-refractivity contribution < 1.29 is 0 Å². The largest absolute Gasteiger partial charge is 0.254 e. The van der Waals surface area contributed by atoms with E-state index >= 15 is 0 Å². The molecule has 0 saturated heterocycles. The number of benzene rings is 7. The number of rotatable bonds is 1. The molecule has 3 aliphatic carbocycles. The molecule has 2 heterocycles. The maximum Gasteiger partial charge on any atom is 0.0970 e. The van der Waals surface area contributed by atoms with Crippen molar-refractivity contribution in [2.24, 2.45) is 0 Å². The fourth-order valence-corrected chi connectivity index (χ4v) is 11.1.